The Hall–Kier alpha value is -0.490. The highest BCUT2D eigenvalue weighted by molar-refractivity contribution is 7.90. The molecule has 4 rings (SSSR count). The number of piperidine rings is 2. The fraction of sp³-hybridized carbons (Fsp3) is 0.778. The van der Waals surface area contributed by atoms with Crippen LogP contribution in [-0.2, 0) is 11.4 Å². The van der Waals surface area contributed by atoms with Crippen LogP contribution in [0.1, 0.15) is 64.0 Å². The Balaban J connectivity index is 1.94. The summed E-state index contributed by atoms with van der Waals surface area (Å²) in [5.74, 6) is 2.66. The molecule has 3 heterocycles. The molecular weight excluding hydrogens is 308 g/mol. The molecule has 0 radical (unpaired) electrons. The Bertz CT molecular complexity index is 543. The first-order valence-corrected chi connectivity index (χ1v) is 9.83. The van der Waals surface area contributed by atoms with E-state index in [1.54, 1.807) is 0 Å². The minimum Gasteiger partial charge on any atom is -0.598 e. The molecule has 4 nitrogen and oxygen atoms in total. The number of nitrogens with zero attached hydrogens (tertiary/aromatic N) is 1. The first kappa shape index (κ1) is 17.3. The van der Waals surface area contributed by atoms with E-state index >= 15 is 0 Å². The molecule has 1 aromatic heterocycles. The van der Waals surface area contributed by atoms with E-state index in [1.807, 2.05) is 33.8 Å². The molecule has 3 fully saturated rings. The van der Waals surface area contributed by atoms with E-state index in [-0.39, 0.29) is 16.3 Å². The molecule has 0 amide bonds. The van der Waals surface area contributed by atoms with Gasteiger partial charge in [-0.25, -0.2) is 0 Å². The lowest BCUT2D eigenvalue weighted by molar-refractivity contribution is -0.0415. The zero-order valence-corrected chi connectivity index (χ0v) is 15.8. The Morgan fingerprint density at radius 3 is 2.48 bits per heavy atom. The minimum absolute atomic E-state index is 0.0138. The summed E-state index contributed by atoms with van der Waals surface area (Å²) in [7, 11) is 2.22. The first-order valence-electron chi connectivity index (χ1n) is 8.68. The van der Waals surface area contributed by atoms with Crippen molar-refractivity contribution in [3.63, 3.8) is 0 Å². The van der Waals surface area contributed by atoms with E-state index < -0.39 is 11.4 Å². The molecule has 0 spiro atoms. The lowest BCUT2D eigenvalue weighted by Crippen LogP contribution is -2.63. The molecule has 1 aliphatic carbocycles. The van der Waals surface area contributed by atoms with Crippen LogP contribution in [0.5, 0.6) is 0 Å². The Labute approximate surface area is 143 Å². The summed E-state index contributed by atoms with van der Waals surface area (Å²) in [6.45, 7) is 9.15. The molecule has 0 aromatic carbocycles. The number of fused-ring (bicyclic) bond motifs is 3. The number of hydrogen-bond donors (Lipinski definition) is 1. The summed E-state index contributed by atoms with van der Waals surface area (Å²) >= 11 is -1.12. The molecule has 23 heavy (non-hydrogen) atoms. The lowest BCUT2D eigenvalue weighted by atomic mass is 9.67. The molecule has 2 aliphatic heterocycles. The fourth-order valence-electron chi connectivity index (χ4n) is 4.14. The van der Waals surface area contributed by atoms with E-state index in [4.69, 9.17) is 4.42 Å². The molecule has 3 aliphatic rings. The third-order valence-corrected chi connectivity index (χ3v) is 7.19. The molecule has 1 N–H and O–H groups in total. The van der Waals surface area contributed by atoms with Gasteiger partial charge in [-0.1, -0.05) is 0 Å². The van der Waals surface area contributed by atoms with Crippen molar-refractivity contribution in [3.05, 3.63) is 23.7 Å². The number of nitrogens with one attached hydrogen (secondary N) is 1. The zero-order chi connectivity index (χ0) is 16.8. The Kier molecular flexibility index (Phi) is 4.60. The molecule has 130 valence electrons. The largest absolute Gasteiger partial charge is 0.598 e. The van der Waals surface area contributed by atoms with Crippen LogP contribution in [0, 0.1) is 12.8 Å². The van der Waals surface area contributed by atoms with Crippen molar-refractivity contribution in [1.29, 1.82) is 0 Å². The van der Waals surface area contributed by atoms with Gasteiger partial charge in [-0.15, -0.1) is 4.72 Å². The number of rotatable bonds is 4. The molecule has 2 bridgehead atoms. The average Bonchev–Trinajstić information content (AvgIpc) is 2.91. The maximum Gasteiger partial charge on any atom is 0.136 e. The number of furan rings is 1. The third kappa shape index (κ3) is 3.21. The molecule has 2 saturated heterocycles. The van der Waals surface area contributed by atoms with Crippen LogP contribution in [0.2, 0.25) is 0 Å². The standard InChI is InChI=1S/C18H30N2O2S/c1-13-6-7-15(22-13)16(19-23(21)17(2,3)4)18-10-8-14(9-11-18)12-20(18)5/h6-7,14,16,19H,8-12H2,1-5H3. The quantitative estimate of drug-likeness (QED) is 0.853. The first-order chi connectivity index (χ1) is 10.7. The average molecular weight is 339 g/mol. The van der Waals surface area contributed by atoms with Crippen molar-refractivity contribution in [2.45, 2.75) is 69.7 Å². The van der Waals surface area contributed by atoms with Gasteiger partial charge in [-0.3, -0.25) is 4.90 Å². The van der Waals surface area contributed by atoms with Gasteiger partial charge in [0.05, 0.1) is 0 Å². The van der Waals surface area contributed by atoms with Crippen LogP contribution in [0.15, 0.2) is 16.5 Å². The van der Waals surface area contributed by atoms with Crippen molar-refractivity contribution < 1.29 is 8.97 Å². The molecule has 2 atom stereocenters. The summed E-state index contributed by atoms with van der Waals surface area (Å²) in [6.07, 6.45) is 4.83. The monoisotopic (exact) mass is 338 g/mol. The second-order valence-corrected chi connectivity index (χ2v) is 10.3. The summed E-state index contributed by atoms with van der Waals surface area (Å²) in [4.78, 5) is 2.49. The van der Waals surface area contributed by atoms with Crippen molar-refractivity contribution in [1.82, 2.24) is 9.62 Å². The predicted molar refractivity (Wildman–Crippen MR) is 94.5 cm³/mol. The highest BCUT2D eigenvalue weighted by atomic mass is 32.2. The Morgan fingerprint density at radius 1 is 1.35 bits per heavy atom. The second kappa shape index (κ2) is 6.10. The summed E-state index contributed by atoms with van der Waals surface area (Å²) in [5.41, 5.74) is 0.0138. The topological polar surface area (TPSA) is 51.5 Å². The van der Waals surface area contributed by atoms with E-state index in [0.29, 0.717) is 0 Å². The normalized spacial score (nSPS) is 31.3. The van der Waals surface area contributed by atoms with Gasteiger partial charge >= 0.3 is 0 Å². The predicted octanol–water partition coefficient (Wildman–Crippen LogP) is 3.56. The van der Waals surface area contributed by atoms with Crippen LogP contribution in [-0.4, -0.2) is 33.3 Å². The number of likely N-dealkylation sites (N-methyl/N-ethyl adjacent to an activating group) is 1. The summed E-state index contributed by atoms with van der Waals surface area (Å²) in [6, 6.07) is 4.04. The van der Waals surface area contributed by atoms with Gasteiger partial charge in [-0.2, -0.15) is 0 Å². The second-order valence-electron chi connectivity index (χ2n) is 8.31. The van der Waals surface area contributed by atoms with Crippen molar-refractivity contribution in [2.75, 3.05) is 13.6 Å². The smallest absolute Gasteiger partial charge is 0.136 e. The van der Waals surface area contributed by atoms with Crippen LogP contribution in [0.3, 0.4) is 0 Å². The highest BCUT2D eigenvalue weighted by Gasteiger charge is 2.53. The van der Waals surface area contributed by atoms with Crippen LogP contribution >= 0.6 is 0 Å². The Morgan fingerprint density at radius 2 is 2.00 bits per heavy atom. The van der Waals surface area contributed by atoms with E-state index in [1.165, 1.54) is 12.8 Å². The van der Waals surface area contributed by atoms with Gasteiger partial charge in [0.1, 0.15) is 22.3 Å². The van der Waals surface area contributed by atoms with Crippen molar-refractivity contribution in [2.24, 2.45) is 5.92 Å². The van der Waals surface area contributed by atoms with Gasteiger partial charge in [0, 0.05) is 23.4 Å². The number of hydrogen-bond acceptors (Lipinski definition) is 4. The van der Waals surface area contributed by atoms with Gasteiger partial charge in [0.2, 0.25) is 0 Å². The molecule has 1 aromatic rings. The van der Waals surface area contributed by atoms with Gasteiger partial charge < -0.3 is 8.97 Å². The SMILES string of the molecule is Cc1ccc(C(N[S+]([O-])C(C)(C)C)C23CCC(CC2)CN3C)o1. The third-order valence-electron chi connectivity index (χ3n) is 5.63. The minimum atomic E-state index is -1.12. The molecule has 1 saturated carbocycles. The molecule has 5 heteroatoms. The number of aryl methyl sites for hydroxylation is 1. The summed E-state index contributed by atoms with van der Waals surface area (Å²) < 4.78 is 21.9. The zero-order valence-electron chi connectivity index (χ0n) is 15.0. The highest BCUT2D eigenvalue weighted by Crippen LogP contribution is 2.49. The van der Waals surface area contributed by atoms with Gasteiger partial charge in [-0.05, 0) is 78.5 Å². The molecular formula is C18H30N2O2S. The van der Waals surface area contributed by atoms with Crippen LogP contribution in [0.4, 0.5) is 0 Å². The maximum atomic E-state index is 12.8. The van der Waals surface area contributed by atoms with E-state index in [9.17, 15) is 4.55 Å². The van der Waals surface area contributed by atoms with Crippen LogP contribution < -0.4 is 4.72 Å². The van der Waals surface area contributed by atoms with Gasteiger partial charge in [0.25, 0.3) is 0 Å². The molecule has 2 unspecified atom stereocenters. The van der Waals surface area contributed by atoms with Crippen molar-refractivity contribution >= 4 is 11.4 Å². The summed E-state index contributed by atoms with van der Waals surface area (Å²) in [5, 5.41) is 0. The maximum absolute atomic E-state index is 12.8. The van der Waals surface area contributed by atoms with Crippen molar-refractivity contribution in [3.8, 4) is 0 Å². The van der Waals surface area contributed by atoms with Crippen LogP contribution in [0.25, 0.3) is 0 Å². The lowest BCUT2D eigenvalue weighted by Gasteiger charge is -2.56. The van der Waals surface area contributed by atoms with Gasteiger partial charge in [0.15, 0.2) is 0 Å². The fourth-order valence-corrected chi connectivity index (χ4v) is 5.05. The van der Waals surface area contributed by atoms with E-state index in [0.717, 1.165) is 36.8 Å². The van der Waals surface area contributed by atoms with E-state index in [2.05, 4.69) is 22.7 Å².